The van der Waals surface area contributed by atoms with E-state index in [4.69, 9.17) is 0 Å². The molecule has 0 saturated carbocycles. The van der Waals surface area contributed by atoms with Crippen molar-refractivity contribution in [2.45, 2.75) is 12.8 Å². The van der Waals surface area contributed by atoms with Crippen LogP contribution in [0.25, 0.3) is 0 Å². The number of benzene rings is 1. The van der Waals surface area contributed by atoms with Gasteiger partial charge in [0, 0.05) is 37.5 Å². The lowest BCUT2D eigenvalue weighted by Gasteiger charge is -2.17. The molecule has 0 aromatic heterocycles. The number of nitrogens with one attached hydrogen (secondary N) is 1. The molecule has 0 radical (unpaired) electrons. The minimum Gasteiger partial charge on any atom is -0.372 e. The lowest BCUT2D eigenvalue weighted by molar-refractivity contribution is 0.497. The molecule has 122 valence electrons. The second-order valence-electron chi connectivity index (χ2n) is 5.75. The van der Waals surface area contributed by atoms with E-state index in [9.17, 15) is 4.39 Å². The highest BCUT2D eigenvalue weighted by Gasteiger charge is 2.09. The van der Waals surface area contributed by atoms with Crippen molar-refractivity contribution in [3.63, 3.8) is 0 Å². The summed E-state index contributed by atoms with van der Waals surface area (Å²) >= 11 is 0. The van der Waals surface area contributed by atoms with E-state index in [2.05, 4.69) is 34.3 Å². The summed E-state index contributed by atoms with van der Waals surface area (Å²) in [5.41, 5.74) is 3.96. The molecule has 24 heavy (non-hydrogen) atoms. The van der Waals surface area contributed by atoms with Crippen molar-refractivity contribution in [3.05, 3.63) is 65.5 Å². The van der Waals surface area contributed by atoms with Gasteiger partial charge in [0.2, 0.25) is 0 Å². The molecule has 1 aromatic rings. The number of anilines is 1. The van der Waals surface area contributed by atoms with Gasteiger partial charge in [-0.25, -0.2) is 9.38 Å². The molecule has 3 nitrogen and oxygen atoms in total. The highest BCUT2D eigenvalue weighted by atomic mass is 19.1. The van der Waals surface area contributed by atoms with Crippen LogP contribution in [0, 0.1) is 11.8 Å². The molecule has 2 heterocycles. The van der Waals surface area contributed by atoms with Crippen LogP contribution in [0.4, 0.5) is 10.1 Å². The number of amidine groups is 1. The Kier molecular flexibility index (Phi) is 5.12. The van der Waals surface area contributed by atoms with E-state index in [1.54, 1.807) is 6.20 Å². The molecular formula is C20H20FN3. The first-order chi connectivity index (χ1) is 11.7. The Bertz CT molecular complexity index is 791. The van der Waals surface area contributed by atoms with Crippen LogP contribution >= 0.6 is 0 Å². The van der Waals surface area contributed by atoms with Crippen LogP contribution in [0.5, 0.6) is 0 Å². The molecule has 4 heteroatoms. The molecule has 0 amide bonds. The molecule has 0 saturated heterocycles. The monoisotopic (exact) mass is 321 g/mol. The number of alkyl halides is 1. The van der Waals surface area contributed by atoms with Crippen LogP contribution in [0.2, 0.25) is 0 Å². The third kappa shape index (κ3) is 4.14. The zero-order valence-electron chi connectivity index (χ0n) is 13.7. The first-order valence-electron chi connectivity index (χ1n) is 8.05. The van der Waals surface area contributed by atoms with E-state index in [1.807, 2.05) is 42.3 Å². The van der Waals surface area contributed by atoms with Crippen molar-refractivity contribution in [2.75, 3.05) is 25.2 Å². The van der Waals surface area contributed by atoms with E-state index >= 15 is 0 Å². The van der Waals surface area contributed by atoms with Crippen molar-refractivity contribution in [1.29, 1.82) is 0 Å². The van der Waals surface area contributed by atoms with Crippen molar-refractivity contribution in [1.82, 2.24) is 5.32 Å². The lowest BCUT2D eigenvalue weighted by Crippen LogP contribution is -2.20. The quantitative estimate of drug-likeness (QED) is 0.862. The molecule has 1 N–H and O–H groups in total. The minimum atomic E-state index is -0.367. The van der Waals surface area contributed by atoms with Gasteiger partial charge in [0.15, 0.2) is 0 Å². The number of aliphatic imine (C=N–C) groups is 1. The Hall–Kier alpha value is -2.80. The maximum absolute atomic E-state index is 12.5. The third-order valence-electron chi connectivity index (χ3n) is 3.93. The van der Waals surface area contributed by atoms with Crippen LogP contribution in [0.3, 0.4) is 0 Å². The summed E-state index contributed by atoms with van der Waals surface area (Å²) < 4.78 is 12.5. The zero-order chi connectivity index (χ0) is 16.8. The molecule has 1 aromatic carbocycles. The van der Waals surface area contributed by atoms with Crippen LogP contribution in [-0.2, 0) is 0 Å². The van der Waals surface area contributed by atoms with Gasteiger partial charge >= 0.3 is 0 Å². The maximum atomic E-state index is 12.5. The van der Waals surface area contributed by atoms with Crippen molar-refractivity contribution >= 4 is 11.5 Å². The van der Waals surface area contributed by atoms with Gasteiger partial charge in [-0.05, 0) is 48.3 Å². The number of rotatable bonds is 3. The standard InChI is InChI=1S/C20H20FN3/c1-24(13-11-21)19-6-2-4-17(15-19)7-9-18-14-16-5-3-12-22-20(23-18)10-8-16/h2-6,12,14-15H,8,10-11,13H2,1H3,(H,22,23)/b12-3-,16-5+. The smallest absolute Gasteiger partial charge is 0.107 e. The van der Waals surface area contributed by atoms with Gasteiger partial charge in [0.1, 0.15) is 12.5 Å². The van der Waals surface area contributed by atoms with Gasteiger partial charge in [-0.1, -0.05) is 18.1 Å². The van der Waals surface area contributed by atoms with Gasteiger partial charge in [-0.15, -0.1) is 0 Å². The van der Waals surface area contributed by atoms with E-state index < -0.39 is 0 Å². The normalized spacial score (nSPS) is 21.3. The highest BCUT2D eigenvalue weighted by Crippen LogP contribution is 2.17. The van der Waals surface area contributed by atoms with Gasteiger partial charge < -0.3 is 10.2 Å². The molecule has 3 rings (SSSR count). The predicted molar refractivity (Wildman–Crippen MR) is 97.7 cm³/mol. The Morgan fingerprint density at radius 1 is 1.29 bits per heavy atom. The molecule has 0 atom stereocenters. The number of fused-ring (bicyclic) bond motifs is 3. The first kappa shape index (κ1) is 16.1. The second-order valence-corrected chi connectivity index (χ2v) is 5.75. The number of hydrogen-bond donors (Lipinski definition) is 1. The van der Waals surface area contributed by atoms with E-state index in [0.29, 0.717) is 6.54 Å². The SMILES string of the molecule is CN(CCF)c1cccc(C#CC2=C/C3=C/C=C\N=C(/CC3)N2)c1. The average Bonchev–Trinajstić information content (AvgIpc) is 2.71. The van der Waals surface area contributed by atoms with Crippen LogP contribution in [-0.4, -0.2) is 26.1 Å². The fourth-order valence-electron chi connectivity index (χ4n) is 2.59. The molecular weight excluding hydrogens is 301 g/mol. The Labute approximate surface area is 142 Å². The predicted octanol–water partition coefficient (Wildman–Crippen LogP) is 3.56. The Balaban J connectivity index is 1.82. The fraction of sp³-hybridized carbons (Fsp3) is 0.250. The van der Waals surface area contributed by atoms with Gasteiger partial charge in [-0.2, -0.15) is 0 Å². The summed E-state index contributed by atoms with van der Waals surface area (Å²) in [5, 5.41) is 3.30. The van der Waals surface area contributed by atoms with Crippen LogP contribution < -0.4 is 10.2 Å². The van der Waals surface area contributed by atoms with Gasteiger partial charge in [0.05, 0.1) is 5.70 Å². The Morgan fingerprint density at radius 2 is 2.21 bits per heavy atom. The summed E-state index contributed by atoms with van der Waals surface area (Å²) in [7, 11) is 1.88. The minimum absolute atomic E-state index is 0.367. The van der Waals surface area contributed by atoms with Crippen LogP contribution in [0.1, 0.15) is 18.4 Å². The lowest BCUT2D eigenvalue weighted by atomic mass is 10.1. The number of allylic oxidation sites excluding steroid dienone is 5. The third-order valence-corrected chi connectivity index (χ3v) is 3.93. The maximum Gasteiger partial charge on any atom is 0.107 e. The molecule has 2 aliphatic rings. The van der Waals surface area contributed by atoms with Crippen molar-refractivity contribution in [3.8, 4) is 11.8 Å². The summed E-state index contributed by atoms with van der Waals surface area (Å²) in [5.74, 6) is 7.31. The summed E-state index contributed by atoms with van der Waals surface area (Å²) in [4.78, 5) is 6.28. The number of hydrogen-bond acceptors (Lipinski definition) is 3. The zero-order valence-corrected chi connectivity index (χ0v) is 13.7. The Morgan fingerprint density at radius 3 is 3.08 bits per heavy atom. The van der Waals surface area contributed by atoms with Crippen molar-refractivity contribution < 1.29 is 4.39 Å². The van der Waals surface area contributed by atoms with Crippen molar-refractivity contribution in [2.24, 2.45) is 4.99 Å². The van der Waals surface area contributed by atoms with E-state index in [-0.39, 0.29) is 6.67 Å². The molecule has 2 aliphatic heterocycles. The van der Waals surface area contributed by atoms with E-state index in [1.165, 1.54) is 5.57 Å². The van der Waals surface area contributed by atoms with E-state index in [0.717, 1.165) is 35.6 Å². The number of halogens is 1. The van der Waals surface area contributed by atoms with Gasteiger partial charge in [0.25, 0.3) is 0 Å². The highest BCUT2D eigenvalue weighted by molar-refractivity contribution is 5.86. The topological polar surface area (TPSA) is 27.6 Å². The molecule has 0 spiro atoms. The molecule has 2 bridgehead atoms. The summed E-state index contributed by atoms with van der Waals surface area (Å²) in [6.45, 7) is 0.0129. The average molecular weight is 321 g/mol. The van der Waals surface area contributed by atoms with Crippen LogP contribution in [0.15, 0.2) is 65.0 Å². The first-order valence-corrected chi connectivity index (χ1v) is 8.05. The summed E-state index contributed by atoms with van der Waals surface area (Å²) in [6.07, 6.45) is 9.75. The molecule has 0 unspecified atom stereocenters. The summed E-state index contributed by atoms with van der Waals surface area (Å²) in [6, 6.07) is 7.84. The number of nitrogens with zero attached hydrogens (tertiary/aromatic N) is 2. The molecule has 0 aliphatic carbocycles. The largest absolute Gasteiger partial charge is 0.372 e. The second kappa shape index (κ2) is 7.65. The van der Waals surface area contributed by atoms with Gasteiger partial charge in [-0.3, -0.25) is 0 Å². The molecule has 0 fully saturated rings. The fourth-order valence-corrected chi connectivity index (χ4v) is 2.59.